The normalized spacial score (nSPS) is 16.5. The van der Waals surface area contributed by atoms with Crippen molar-refractivity contribution in [1.29, 1.82) is 0 Å². The smallest absolute Gasteiger partial charge is 0.335 e. The molecule has 0 bridgehead atoms. The van der Waals surface area contributed by atoms with Crippen LogP contribution in [0.5, 0.6) is 0 Å². The Morgan fingerprint density at radius 3 is 2.63 bits per heavy atom. The summed E-state index contributed by atoms with van der Waals surface area (Å²) in [7, 11) is 0. The minimum absolute atomic E-state index is 0.0329. The first-order valence-corrected chi connectivity index (χ1v) is 14.0. The van der Waals surface area contributed by atoms with Crippen LogP contribution in [0.1, 0.15) is 41.9 Å². The van der Waals surface area contributed by atoms with E-state index in [1.165, 1.54) is 29.3 Å². The van der Waals surface area contributed by atoms with E-state index >= 15 is 0 Å². The number of pyridine rings is 1. The van der Waals surface area contributed by atoms with E-state index in [1.54, 1.807) is 54.2 Å². The summed E-state index contributed by atoms with van der Waals surface area (Å²) >= 11 is 6.31. The number of aromatic nitrogens is 7. The molecule has 5 aromatic rings. The van der Waals surface area contributed by atoms with Gasteiger partial charge in [-0.15, -0.1) is 5.10 Å². The minimum atomic E-state index is -1.01. The fourth-order valence-corrected chi connectivity index (χ4v) is 5.45. The minimum Gasteiger partial charge on any atom is -0.618 e. The highest BCUT2D eigenvalue weighted by molar-refractivity contribution is 6.31. The molecule has 0 amide bonds. The van der Waals surface area contributed by atoms with Crippen LogP contribution in [0.15, 0.2) is 79.5 Å². The van der Waals surface area contributed by atoms with Gasteiger partial charge in [0.1, 0.15) is 12.4 Å². The maximum Gasteiger partial charge on any atom is 0.335 e. The van der Waals surface area contributed by atoms with E-state index in [2.05, 4.69) is 20.6 Å². The predicted molar refractivity (Wildman–Crippen MR) is 154 cm³/mol. The number of nitrogens with zero attached hydrogens (tertiary/aromatic N) is 7. The van der Waals surface area contributed by atoms with E-state index in [1.807, 2.05) is 12.3 Å². The number of ether oxygens (including phenoxy) is 1. The molecule has 0 radical (unpaired) electrons. The summed E-state index contributed by atoms with van der Waals surface area (Å²) in [5.74, 6) is -1.42. The zero-order valence-corrected chi connectivity index (χ0v) is 23.7. The van der Waals surface area contributed by atoms with E-state index in [0.29, 0.717) is 47.0 Å². The van der Waals surface area contributed by atoms with Crippen molar-refractivity contribution in [2.75, 3.05) is 6.61 Å². The predicted octanol–water partition coefficient (Wildman–Crippen LogP) is 4.36. The molecule has 13 heteroatoms. The van der Waals surface area contributed by atoms with E-state index in [0.717, 1.165) is 15.9 Å². The van der Waals surface area contributed by atoms with Gasteiger partial charge in [-0.2, -0.15) is 14.5 Å². The molecule has 1 aliphatic carbocycles. The van der Waals surface area contributed by atoms with Gasteiger partial charge < -0.3 is 15.1 Å². The number of hydrogen-bond acceptors (Lipinski definition) is 8. The number of carboxylic acid groups (broad SMARTS) is 1. The molecule has 1 saturated carbocycles. The lowest BCUT2D eigenvalue weighted by Crippen LogP contribution is -2.35. The van der Waals surface area contributed by atoms with Crippen molar-refractivity contribution in [3.05, 3.63) is 101 Å². The first kappa shape index (κ1) is 28.0. The van der Waals surface area contributed by atoms with Crippen molar-refractivity contribution >= 4 is 23.5 Å². The van der Waals surface area contributed by atoms with Gasteiger partial charge in [0, 0.05) is 34.0 Å². The molecule has 6 rings (SSSR count). The van der Waals surface area contributed by atoms with E-state index < -0.39 is 12.0 Å². The number of tetrazole rings is 1. The van der Waals surface area contributed by atoms with Gasteiger partial charge in [-0.25, -0.2) is 4.79 Å². The van der Waals surface area contributed by atoms with Crippen molar-refractivity contribution < 1.29 is 24.2 Å². The Hall–Kier alpha value is -5.10. The molecule has 1 unspecified atom stereocenters. The highest BCUT2D eigenvalue weighted by Gasteiger charge is 2.46. The first-order chi connectivity index (χ1) is 20.8. The van der Waals surface area contributed by atoms with Gasteiger partial charge in [0.05, 0.1) is 30.0 Å². The number of rotatable bonds is 10. The van der Waals surface area contributed by atoms with Crippen LogP contribution in [-0.4, -0.2) is 53.6 Å². The molecule has 0 aliphatic heterocycles. The molecule has 0 saturated heterocycles. The number of halogens is 1. The van der Waals surface area contributed by atoms with Gasteiger partial charge >= 0.3 is 11.9 Å². The van der Waals surface area contributed by atoms with Crippen LogP contribution >= 0.6 is 11.6 Å². The molecule has 218 valence electrons. The number of esters is 1. The maximum absolute atomic E-state index is 13.7. The third kappa shape index (κ3) is 5.82. The molecule has 1 aliphatic rings. The standard InChI is InChI=1S/C30H26ClN7O5/c1-2-43-30(41)25-11-21(25)12-28(36-15-22(14-33-36)18-3-5-19(6-4-18)29(39)40)27-9-7-20(16-38(27)42)24-13-23(31)8-10-26(24)37-17-32-34-35-37/h3-10,13-17,21,25,28H,2,11-12H2,1H3,(H,39,40)/t21-,25+,28?/m0/s1. The fraction of sp³-hybridized carbons (Fsp3) is 0.233. The maximum atomic E-state index is 13.7. The summed E-state index contributed by atoms with van der Waals surface area (Å²) in [6, 6.07) is 14.8. The Morgan fingerprint density at radius 1 is 1.14 bits per heavy atom. The molecule has 3 heterocycles. The van der Waals surface area contributed by atoms with Crippen molar-refractivity contribution in [1.82, 2.24) is 30.0 Å². The third-order valence-corrected chi connectivity index (χ3v) is 7.81. The third-order valence-electron chi connectivity index (χ3n) is 7.58. The highest BCUT2D eigenvalue weighted by atomic mass is 35.5. The Labute approximate surface area is 250 Å². The van der Waals surface area contributed by atoms with E-state index in [9.17, 15) is 19.9 Å². The topological polar surface area (TPSA) is 152 Å². The fourth-order valence-electron chi connectivity index (χ4n) is 5.28. The Morgan fingerprint density at radius 2 is 1.93 bits per heavy atom. The van der Waals surface area contributed by atoms with Crippen LogP contribution in [0.2, 0.25) is 5.02 Å². The average Bonchev–Trinajstić information content (AvgIpc) is 3.34. The second-order valence-corrected chi connectivity index (χ2v) is 10.7. The van der Waals surface area contributed by atoms with Gasteiger partial charge in [0.15, 0.2) is 6.20 Å². The molecule has 1 N–H and O–H groups in total. The quantitative estimate of drug-likeness (QED) is 0.140. The lowest BCUT2D eigenvalue weighted by atomic mass is 10.0. The van der Waals surface area contributed by atoms with E-state index in [-0.39, 0.29) is 23.4 Å². The van der Waals surface area contributed by atoms with Crippen LogP contribution in [-0.2, 0) is 9.53 Å². The Kier molecular flexibility index (Phi) is 7.59. The van der Waals surface area contributed by atoms with Crippen molar-refractivity contribution in [3.8, 4) is 27.9 Å². The summed E-state index contributed by atoms with van der Waals surface area (Å²) in [4.78, 5) is 23.6. The molecule has 1 fully saturated rings. The summed E-state index contributed by atoms with van der Waals surface area (Å²) in [6.07, 6.45) is 7.61. The monoisotopic (exact) mass is 599 g/mol. The molecule has 3 aromatic heterocycles. The Balaban J connectivity index is 1.35. The summed E-state index contributed by atoms with van der Waals surface area (Å²) < 4.78 is 9.25. The van der Waals surface area contributed by atoms with Crippen molar-refractivity contribution in [3.63, 3.8) is 0 Å². The molecule has 12 nitrogen and oxygen atoms in total. The van der Waals surface area contributed by atoms with Crippen LogP contribution < -0.4 is 4.73 Å². The molecule has 0 spiro atoms. The van der Waals surface area contributed by atoms with Crippen LogP contribution in [0.3, 0.4) is 0 Å². The highest BCUT2D eigenvalue weighted by Crippen LogP contribution is 2.46. The molecule has 43 heavy (non-hydrogen) atoms. The Bertz CT molecular complexity index is 1790. The zero-order chi connectivity index (χ0) is 30.1. The van der Waals surface area contributed by atoms with Gasteiger partial charge in [-0.1, -0.05) is 23.7 Å². The van der Waals surface area contributed by atoms with Gasteiger partial charge in [0.2, 0.25) is 5.69 Å². The number of hydrogen-bond donors (Lipinski definition) is 1. The average molecular weight is 600 g/mol. The molecular weight excluding hydrogens is 574 g/mol. The van der Waals surface area contributed by atoms with Crippen LogP contribution in [0.4, 0.5) is 0 Å². The molecule has 2 aromatic carbocycles. The first-order valence-electron chi connectivity index (χ1n) is 13.6. The number of carbonyl (C=O) groups excluding carboxylic acids is 1. The molecular formula is C30H26ClN7O5. The van der Waals surface area contributed by atoms with Gasteiger partial charge in [-0.3, -0.25) is 9.48 Å². The lowest BCUT2D eigenvalue weighted by Gasteiger charge is -2.18. The summed E-state index contributed by atoms with van der Waals surface area (Å²) in [6.45, 7) is 2.09. The number of carbonyl (C=O) groups is 2. The SMILES string of the molecule is CCOC(=O)[C@@H]1C[C@H]1CC(c1ccc(-c2cc(Cl)ccc2-n2cnnn2)c[n+]1[O-])n1cc(-c2ccc(C(=O)O)cc2)cn1. The number of carboxylic acids is 1. The molecule has 3 atom stereocenters. The van der Waals surface area contributed by atoms with E-state index in [4.69, 9.17) is 16.3 Å². The van der Waals surface area contributed by atoms with Crippen molar-refractivity contribution in [2.45, 2.75) is 25.8 Å². The van der Waals surface area contributed by atoms with Gasteiger partial charge in [-0.05, 0) is 78.1 Å². The van der Waals surface area contributed by atoms with Crippen LogP contribution in [0, 0.1) is 17.0 Å². The van der Waals surface area contributed by atoms with Gasteiger partial charge in [0.25, 0.3) is 0 Å². The number of benzene rings is 2. The largest absolute Gasteiger partial charge is 0.618 e. The zero-order valence-electron chi connectivity index (χ0n) is 22.9. The summed E-state index contributed by atoms with van der Waals surface area (Å²) in [5, 5.41) is 39.4. The second kappa shape index (κ2) is 11.6. The van der Waals surface area contributed by atoms with Crippen LogP contribution in [0.25, 0.3) is 27.9 Å². The summed E-state index contributed by atoms with van der Waals surface area (Å²) in [5.41, 5.74) is 4.11. The number of aromatic carboxylic acids is 1. The second-order valence-electron chi connectivity index (χ2n) is 10.3. The lowest BCUT2D eigenvalue weighted by molar-refractivity contribution is -0.615. The van der Waals surface area contributed by atoms with Crippen molar-refractivity contribution in [2.24, 2.45) is 11.8 Å².